The monoisotopic (exact) mass is 527 g/mol. The largest absolute Gasteiger partial charge is 0.461 e. The second-order valence-electron chi connectivity index (χ2n) is 11.1. The first-order chi connectivity index (χ1) is 19.0. The van der Waals surface area contributed by atoms with Crippen LogP contribution in [0.15, 0.2) is 48.3 Å². The zero-order valence-corrected chi connectivity index (χ0v) is 22.8. The highest BCUT2D eigenvalue weighted by Crippen LogP contribution is 2.45. The van der Waals surface area contributed by atoms with Gasteiger partial charge in [-0.3, -0.25) is 0 Å². The highest BCUT2D eigenvalue weighted by molar-refractivity contribution is 6.10. The molecule has 0 bridgehead atoms. The van der Waals surface area contributed by atoms with Gasteiger partial charge in [0.25, 0.3) is 0 Å². The molecule has 2 saturated carbocycles. The summed E-state index contributed by atoms with van der Waals surface area (Å²) in [5.41, 5.74) is 4.13. The molecular weight excluding hydrogens is 490 g/mol. The smallest absolute Gasteiger partial charge is 0.357 e. The van der Waals surface area contributed by atoms with E-state index in [-0.39, 0.29) is 18.2 Å². The van der Waals surface area contributed by atoms with Crippen molar-refractivity contribution < 1.29 is 14.3 Å². The van der Waals surface area contributed by atoms with Crippen LogP contribution in [0, 0.1) is 23.2 Å². The lowest BCUT2D eigenvalue weighted by molar-refractivity contribution is 0.0519. The molecule has 1 saturated heterocycles. The van der Waals surface area contributed by atoms with Crippen LogP contribution in [0.3, 0.4) is 0 Å². The van der Waals surface area contributed by atoms with Crippen molar-refractivity contribution in [1.82, 2.24) is 9.97 Å². The van der Waals surface area contributed by atoms with Crippen molar-refractivity contribution in [3.63, 3.8) is 0 Å². The van der Waals surface area contributed by atoms with E-state index < -0.39 is 5.97 Å². The summed E-state index contributed by atoms with van der Waals surface area (Å²) in [6, 6.07) is 6.23. The molecular formula is C31H37N5O3. The van der Waals surface area contributed by atoms with Crippen molar-refractivity contribution in [3.05, 3.63) is 59.6 Å². The van der Waals surface area contributed by atoms with Crippen molar-refractivity contribution in [2.45, 2.75) is 51.5 Å². The summed E-state index contributed by atoms with van der Waals surface area (Å²) in [6.45, 7) is 3.61. The van der Waals surface area contributed by atoms with Gasteiger partial charge in [-0.15, -0.1) is 0 Å². The Morgan fingerprint density at radius 3 is 2.69 bits per heavy atom. The second-order valence-corrected chi connectivity index (χ2v) is 11.1. The van der Waals surface area contributed by atoms with E-state index in [1.807, 2.05) is 18.3 Å². The number of carbonyl (C=O) groups excluding carboxylic acids is 1. The first-order valence-corrected chi connectivity index (χ1v) is 14.3. The second kappa shape index (κ2) is 10.9. The number of fused-ring (bicyclic) bond motifs is 1. The topological polar surface area (TPSA) is 100 Å². The fraction of sp³-hybridized carbons (Fsp3) is 0.484. The standard InChI is InChI=1S/C31H37N5O3/c1-3-39-31(37)26-17-25(21-8-10-27(33-18-21)36(2)24-11-13-38-14-12-24)28(29(32)19-5-4-6-19)30(35-26)34-23-9-7-20-15-22(20)16-23/h7-10,16-20,22,24,32H,3-6,11-15H2,1-2H3,(H,34,35). The highest BCUT2D eigenvalue weighted by Gasteiger charge is 2.36. The number of ether oxygens (including phenoxy) is 2. The maximum Gasteiger partial charge on any atom is 0.357 e. The van der Waals surface area contributed by atoms with Gasteiger partial charge in [-0.2, -0.15) is 0 Å². The number of aromatic nitrogens is 2. The minimum atomic E-state index is -0.470. The normalized spacial score (nSPS) is 22.4. The maximum absolute atomic E-state index is 12.9. The Labute approximate surface area is 230 Å². The van der Waals surface area contributed by atoms with Crippen LogP contribution in [-0.4, -0.2) is 54.6 Å². The summed E-state index contributed by atoms with van der Waals surface area (Å²) >= 11 is 0. The first kappa shape index (κ1) is 25.7. The number of nitrogens with zero attached hydrogens (tertiary/aromatic N) is 3. The molecule has 0 radical (unpaired) electrons. The molecule has 6 rings (SSSR count). The van der Waals surface area contributed by atoms with E-state index in [2.05, 4.69) is 35.5 Å². The third-order valence-electron chi connectivity index (χ3n) is 8.52. The summed E-state index contributed by atoms with van der Waals surface area (Å²) in [7, 11) is 2.08. The van der Waals surface area contributed by atoms with Crippen LogP contribution in [-0.2, 0) is 9.47 Å². The molecule has 3 aliphatic carbocycles. The first-order valence-electron chi connectivity index (χ1n) is 14.3. The average molecular weight is 528 g/mol. The Hall–Kier alpha value is -3.52. The van der Waals surface area contributed by atoms with Crippen LogP contribution >= 0.6 is 0 Å². The van der Waals surface area contributed by atoms with Gasteiger partial charge < -0.3 is 25.1 Å². The van der Waals surface area contributed by atoms with E-state index in [0.717, 1.165) is 73.5 Å². The molecule has 8 heteroatoms. The molecule has 2 unspecified atom stereocenters. The van der Waals surface area contributed by atoms with Crippen LogP contribution in [0.1, 0.15) is 61.5 Å². The summed E-state index contributed by atoms with van der Waals surface area (Å²) in [5.74, 6) is 2.35. The summed E-state index contributed by atoms with van der Waals surface area (Å²) in [5, 5.41) is 12.7. The van der Waals surface area contributed by atoms with E-state index in [4.69, 9.17) is 19.4 Å². The van der Waals surface area contributed by atoms with E-state index >= 15 is 0 Å². The lowest BCUT2D eigenvalue weighted by Gasteiger charge is -2.32. The van der Waals surface area contributed by atoms with Gasteiger partial charge in [0.1, 0.15) is 11.6 Å². The highest BCUT2D eigenvalue weighted by atomic mass is 16.5. The van der Waals surface area contributed by atoms with Crippen LogP contribution in [0.25, 0.3) is 11.1 Å². The molecule has 204 valence electrons. The lowest BCUT2D eigenvalue weighted by Crippen LogP contribution is -2.37. The number of hydrogen-bond donors (Lipinski definition) is 2. The average Bonchev–Trinajstić information content (AvgIpc) is 3.71. The Bertz CT molecular complexity index is 1310. The minimum Gasteiger partial charge on any atom is -0.461 e. The van der Waals surface area contributed by atoms with E-state index in [1.165, 1.54) is 6.42 Å². The van der Waals surface area contributed by atoms with Crippen molar-refractivity contribution >= 4 is 23.3 Å². The number of hydrogen-bond acceptors (Lipinski definition) is 8. The number of esters is 1. The van der Waals surface area contributed by atoms with Crippen LogP contribution < -0.4 is 10.2 Å². The summed E-state index contributed by atoms with van der Waals surface area (Å²) in [6.07, 6.45) is 14.7. The fourth-order valence-electron chi connectivity index (χ4n) is 5.74. The van der Waals surface area contributed by atoms with Crippen molar-refractivity contribution in [2.75, 3.05) is 37.1 Å². The zero-order chi connectivity index (χ0) is 26.9. The number of anilines is 2. The van der Waals surface area contributed by atoms with Gasteiger partial charge >= 0.3 is 5.97 Å². The molecule has 2 atom stereocenters. The predicted molar refractivity (Wildman–Crippen MR) is 152 cm³/mol. The van der Waals surface area contributed by atoms with Crippen molar-refractivity contribution in [1.29, 1.82) is 5.41 Å². The molecule has 1 aliphatic heterocycles. The molecule has 2 aromatic rings. The van der Waals surface area contributed by atoms with Crippen molar-refractivity contribution in [2.24, 2.45) is 17.8 Å². The Morgan fingerprint density at radius 2 is 2.03 bits per heavy atom. The van der Waals surface area contributed by atoms with Gasteiger partial charge in [0.15, 0.2) is 5.69 Å². The van der Waals surface area contributed by atoms with Crippen LogP contribution in [0.2, 0.25) is 0 Å². The molecule has 0 amide bonds. The zero-order valence-electron chi connectivity index (χ0n) is 22.8. The molecule has 39 heavy (non-hydrogen) atoms. The quantitative estimate of drug-likeness (QED) is 0.323. The molecule has 3 heterocycles. The third-order valence-corrected chi connectivity index (χ3v) is 8.52. The van der Waals surface area contributed by atoms with Gasteiger partial charge in [0.05, 0.1) is 6.61 Å². The van der Waals surface area contributed by atoms with E-state index in [0.29, 0.717) is 29.4 Å². The van der Waals surface area contributed by atoms with E-state index in [9.17, 15) is 10.2 Å². The Morgan fingerprint density at radius 1 is 1.21 bits per heavy atom. The van der Waals surface area contributed by atoms with E-state index in [1.54, 1.807) is 13.0 Å². The fourth-order valence-corrected chi connectivity index (χ4v) is 5.74. The molecule has 0 spiro atoms. The molecule has 0 aromatic carbocycles. The molecule has 8 nitrogen and oxygen atoms in total. The number of carbonyl (C=O) groups is 1. The van der Waals surface area contributed by atoms with Crippen LogP contribution in [0.5, 0.6) is 0 Å². The number of allylic oxidation sites excluding steroid dienone is 3. The minimum absolute atomic E-state index is 0.190. The van der Waals surface area contributed by atoms with Crippen LogP contribution in [0.4, 0.5) is 11.6 Å². The molecule has 2 N–H and O–H groups in total. The van der Waals surface area contributed by atoms with Gasteiger partial charge in [-0.25, -0.2) is 14.8 Å². The molecule has 2 aromatic heterocycles. The van der Waals surface area contributed by atoms with Gasteiger partial charge in [0, 0.05) is 61.0 Å². The number of rotatable bonds is 9. The van der Waals surface area contributed by atoms with Gasteiger partial charge in [0.2, 0.25) is 0 Å². The predicted octanol–water partition coefficient (Wildman–Crippen LogP) is 5.61. The molecule has 3 fully saturated rings. The molecule has 4 aliphatic rings. The Balaban J connectivity index is 1.40. The summed E-state index contributed by atoms with van der Waals surface area (Å²) < 4.78 is 10.9. The van der Waals surface area contributed by atoms with Gasteiger partial charge in [-0.05, 0) is 80.7 Å². The number of pyridine rings is 2. The third kappa shape index (κ3) is 5.35. The SMILES string of the molecule is CCOC(=O)c1cc(-c2ccc(N(C)C3CCOCC3)nc2)c(C(=N)C2CCC2)c(NC2=CC3CC3C=C2)n1. The van der Waals surface area contributed by atoms with Crippen molar-refractivity contribution in [3.8, 4) is 11.1 Å². The van der Waals surface area contributed by atoms with Gasteiger partial charge in [-0.1, -0.05) is 18.6 Å². The number of nitrogens with one attached hydrogen (secondary N) is 2. The lowest BCUT2D eigenvalue weighted by atomic mass is 9.78. The maximum atomic E-state index is 12.9. The summed E-state index contributed by atoms with van der Waals surface area (Å²) in [4.78, 5) is 24.7. The Kier molecular flexibility index (Phi) is 7.21.